The molecule has 134 valence electrons. The third-order valence-corrected chi connectivity index (χ3v) is 4.39. The summed E-state index contributed by atoms with van der Waals surface area (Å²) in [6, 6.07) is 16.3. The van der Waals surface area contributed by atoms with Crippen molar-refractivity contribution in [2.45, 2.75) is 13.3 Å². The minimum absolute atomic E-state index is 0.0441. The van der Waals surface area contributed by atoms with Gasteiger partial charge in [0, 0.05) is 31.0 Å². The molecule has 2 atom stereocenters. The van der Waals surface area contributed by atoms with E-state index in [0.717, 1.165) is 5.69 Å². The van der Waals surface area contributed by atoms with Crippen LogP contribution in [0.25, 0.3) is 0 Å². The fourth-order valence-corrected chi connectivity index (χ4v) is 2.86. The molecule has 2 aromatic carbocycles. The smallest absolute Gasteiger partial charge is 0.230 e. The van der Waals surface area contributed by atoms with Crippen molar-refractivity contribution >= 4 is 34.8 Å². The highest BCUT2D eigenvalue weighted by Gasteiger charge is 2.49. The molecule has 1 saturated carbocycles. The summed E-state index contributed by atoms with van der Waals surface area (Å²) in [5, 5.41) is 5.49. The molecule has 2 aromatic rings. The van der Waals surface area contributed by atoms with Gasteiger partial charge in [0.15, 0.2) is 0 Å². The van der Waals surface area contributed by atoms with Crippen LogP contribution in [0.15, 0.2) is 54.6 Å². The maximum Gasteiger partial charge on any atom is 0.230 e. The Morgan fingerprint density at radius 2 is 1.46 bits per heavy atom. The highest BCUT2D eigenvalue weighted by molar-refractivity contribution is 6.04. The summed E-state index contributed by atoms with van der Waals surface area (Å²) >= 11 is 0. The Hall–Kier alpha value is -3.15. The zero-order valence-corrected chi connectivity index (χ0v) is 14.7. The third kappa shape index (κ3) is 4.08. The molecule has 0 bridgehead atoms. The van der Waals surface area contributed by atoms with Crippen LogP contribution in [-0.2, 0) is 14.4 Å². The van der Waals surface area contributed by atoms with E-state index < -0.39 is 0 Å². The van der Waals surface area contributed by atoms with Crippen molar-refractivity contribution in [3.63, 3.8) is 0 Å². The highest BCUT2D eigenvalue weighted by atomic mass is 16.2. The molecular weight excluding hydrogens is 330 g/mol. The lowest BCUT2D eigenvalue weighted by molar-refractivity contribution is -0.123. The van der Waals surface area contributed by atoms with E-state index in [9.17, 15) is 14.4 Å². The zero-order valence-electron chi connectivity index (χ0n) is 14.7. The SMILES string of the molecule is CC(=O)Nc1ccc(NC(=O)C2CC2C(=O)N(C)c2ccccc2)cc1. The van der Waals surface area contributed by atoms with Gasteiger partial charge in [0.05, 0.1) is 11.8 Å². The maximum atomic E-state index is 12.5. The van der Waals surface area contributed by atoms with Gasteiger partial charge in [-0.05, 0) is 42.8 Å². The quantitative estimate of drug-likeness (QED) is 0.869. The standard InChI is InChI=1S/C20H21N3O3/c1-13(24)21-14-8-10-15(11-9-14)22-19(25)17-12-18(17)20(26)23(2)16-6-4-3-5-7-16/h3-11,17-18H,12H2,1-2H3,(H,21,24)(H,22,25). The number of rotatable bonds is 5. The number of hydrogen-bond donors (Lipinski definition) is 2. The number of carbonyl (C=O) groups is 3. The maximum absolute atomic E-state index is 12.5. The lowest BCUT2D eigenvalue weighted by Gasteiger charge is -2.17. The molecule has 1 aliphatic carbocycles. The van der Waals surface area contributed by atoms with Crippen LogP contribution in [0.4, 0.5) is 17.1 Å². The normalized spacial score (nSPS) is 17.9. The van der Waals surface area contributed by atoms with Crippen LogP contribution in [0, 0.1) is 11.8 Å². The van der Waals surface area contributed by atoms with Gasteiger partial charge in [-0.3, -0.25) is 14.4 Å². The summed E-state index contributed by atoms with van der Waals surface area (Å²) in [6.45, 7) is 1.44. The van der Waals surface area contributed by atoms with E-state index in [2.05, 4.69) is 10.6 Å². The number of hydrogen-bond acceptors (Lipinski definition) is 3. The molecule has 3 rings (SSSR count). The average Bonchev–Trinajstić information content (AvgIpc) is 3.43. The van der Waals surface area contributed by atoms with Crippen LogP contribution in [0.3, 0.4) is 0 Å². The molecule has 2 unspecified atom stereocenters. The molecule has 0 aliphatic heterocycles. The Bertz CT molecular complexity index is 818. The molecule has 2 N–H and O–H groups in total. The van der Waals surface area contributed by atoms with Gasteiger partial charge in [0.1, 0.15) is 0 Å². The topological polar surface area (TPSA) is 78.5 Å². The summed E-state index contributed by atoms with van der Waals surface area (Å²) in [6.07, 6.45) is 0.561. The van der Waals surface area contributed by atoms with Gasteiger partial charge in [0.25, 0.3) is 0 Å². The number of anilines is 3. The van der Waals surface area contributed by atoms with Gasteiger partial charge in [-0.25, -0.2) is 0 Å². The fraction of sp³-hybridized carbons (Fsp3) is 0.250. The first-order valence-electron chi connectivity index (χ1n) is 8.47. The molecule has 1 fully saturated rings. The van der Waals surface area contributed by atoms with Crippen molar-refractivity contribution < 1.29 is 14.4 Å². The third-order valence-electron chi connectivity index (χ3n) is 4.39. The first-order chi connectivity index (χ1) is 12.5. The lowest BCUT2D eigenvalue weighted by atomic mass is 10.2. The lowest BCUT2D eigenvalue weighted by Crippen LogP contribution is -2.29. The second kappa shape index (κ2) is 7.39. The largest absolute Gasteiger partial charge is 0.326 e. The van der Waals surface area contributed by atoms with Crippen LogP contribution in [0.5, 0.6) is 0 Å². The Morgan fingerprint density at radius 1 is 0.885 bits per heavy atom. The first-order valence-corrected chi connectivity index (χ1v) is 8.47. The Kier molecular flexibility index (Phi) is 5.02. The van der Waals surface area contributed by atoms with Crippen LogP contribution >= 0.6 is 0 Å². The van der Waals surface area contributed by atoms with Crippen LogP contribution in [-0.4, -0.2) is 24.8 Å². The molecule has 0 aromatic heterocycles. The Morgan fingerprint density at radius 3 is 2.04 bits per heavy atom. The average molecular weight is 351 g/mol. The van der Waals surface area contributed by atoms with E-state index in [4.69, 9.17) is 0 Å². The number of carbonyl (C=O) groups excluding carboxylic acids is 3. The van der Waals surface area contributed by atoms with E-state index in [0.29, 0.717) is 17.8 Å². The minimum Gasteiger partial charge on any atom is -0.326 e. The van der Waals surface area contributed by atoms with E-state index in [1.807, 2.05) is 30.3 Å². The fourth-order valence-electron chi connectivity index (χ4n) is 2.86. The predicted molar refractivity (Wildman–Crippen MR) is 101 cm³/mol. The monoisotopic (exact) mass is 351 g/mol. The molecule has 0 heterocycles. The highest BCUT2D eigenvalue weighted by Crippen LogP contribution is 2.41. The number of nitrogens with zero attached hydrogens (tertiary/aromatic N) is 1. The van der Waals surface area contributed by atoms with Crippen molar-refractivity contribution in [1.29, 1.82) is 0 Å². The first kappa shape index (κ1) is 17.7. The summed E-state index contributed by atoms with van der Waals surface area (Å²) < 4.78 is 0. The molecule has 0 radical (unpaired) electrons. The molecule has 1 aliphatic rings. The van der Waals surface area contributed by atoms with E-state index in [-0.39, 0.29) is 29.6 Å². The van der Waals surface area contributed by atoms with Crippen molar-refractivity contribution in [1.82, 2.24) is 0 Å². The zero-order chi connectivity index (χ0) is 18.7. The van der Waals surface area contributed by atoms with Crippen molar-refractivity contribution in [3.05, 3.63) is 54.6 Å². The molecule has 0 spiro atoms. The predicted octanol–water partition coefficient (Wildman–Crippen LogP) is 2.88. The van der Waals surface area contributed by atoms with Crippen LogP contribution in [0.1, 0.15) is 13.3 Å². The molecule has 3 amide bonds. The molecule has 0 saturated heterocycles. The van der Waals surface area contributed by atoms with Crippen molar-refractivity contribution in [2.24, 2.45) is 11.8 Å². The van der Waals surface area contributed by atoms with Crippen LogP contribution < -0.4 is 15.5 Å². The van der Waals surface area contributed by atoms with Gasteiger partial charge in [-0.15, -0.1) is 0 Å². The molecule has 26 heavy (non-hydrogen) atoms. The second-order valence-electron chi connectivity index (χ2n) is 6.43. The van der Waals surface area contributed by atoms with E-state index in [1.165, 1.54) is 6.92 Å². The summed E-state index contributed by atoms with van der Waals surface area (Å²) in [5.41, 5.74) is 2.12. The van der Waals surface area contributed by atoms with E-state index in [1.54, 1.807) is 36.2 Å². The Labute approximate surface area is 152 Å². The summed E-state index contributed by atoms with van der Waals surface area (Å²) in [5.74, 6) is -0.930. The molecule has 6 heteroatoms. The summed E-state index contributed by atoms with van der Waals surface area (Å²) in [7, 11) is 1.73. The minimum atomic E-state index is -0.302. The number of nitrogens with one attached hydrogen (secondary N) is 2. The molecular formula is C20H21N3O3. The summed E-state index contributed by atoms with van der Waals surface area (Å²) in [4.78, 5) is 37.5. The number of amides is 3. The van der Waals surface area contributed by atoms with Crippen LogP contribution in [0.2, 0.25) is 0 Å². The Balaban J connectivity index is 1.55. The molecule has 6 nitrogen and oxygen atoms in total. The number of para-hydroxylation sites is 1. The van der Waals surface area contributed by atoms with Crippen molar-refractivity contribution in [3.8, 4) is 0 Å². The van der Waals surface area contributed by atoms with E-state index >= 15 is 0 Å². The number of benzene rings is 2. The van der Waals surface area contributed by atoms with Gasteiger partial charge in [0.2, 0.25) is 17.7 Å². The second-order valence-corrected chi connectivity index (χ2v) is 6.43. The van der Waals surface area contributed by atoms with Crippen molar-refractivity contribution in [2.75, 3.05) is 22.6 Å². The van der Waals surface area contributed by atoms with Gasteiger partial charge in [-0.1, -0.05) is 18.2 Å². The van der Waals surface area contributed by atoms with Gasteiger partial charge in [-0.2, -0.15) is 0 Å². The van der Waals surface area contributed by atoms with Gasteiger partial charge < -0.3 is 15.5 Å². The van der Waals surface area contributed by atoms with Gasteiger partial charge >= 0.3 is 0 Å².